The Morgan fingerprint density at radius 1 is 1.25 bits per heavy atom. The molecule has 7 nitrogen and oxygen atoms in total. The molecule has 0 saturated carbocycles. The van der Waals surface area contributed by atoms with Crippen molar-refractivity contribution in [3.63, 3.8) is 0 Å². The first-order chi connectivity index (χ1) is 9.77. The summed E-state index contributed by atoms with van der Waals surface area (Å²) in [6.45, 7) is 2.59. The number of hydrogen-bond donors (Lipinski definition) is 1. The monoisotopic (exact) mass is 298 g/mol. The summed E-state index contributed by atoms with van der Waals surface area (Å²) < 4.78 is 18.1. The van der Waals surface area contributed by atoms with Crippen molar-refractivity contribution in [1.29, 1.82) is 0 Å². The summed E-state index contributed by atoms with van der Waals surface area (Å²) in [4.78, 5) is 11.4. The highest BCUT2D eigenvalue weighted by Crippen LogP contribution is 2.19. The van der Waals surface area contributed by atoms with Gasteiger partial charge in [0, 0.05) is 20.3 Å². The molecule has 0 spiro atoms. The normalized spacial score (nSPS) is 11.1. The number of rotatable bonds is 8. The average Bonchev–Trinajstić information content (AvgIpc) is 2.78. The highest BCUT2D eigenvalue weighted by atomic mass is 32.1. The lowest BCUT2D eigenvalue weighted by molar-refractivity contribution is 0.0681. The van der Waals surface area contributed by atoms with Crippen LogP contribution in [0.5, 0.6) is 5.88 Å². The molecule has 0 aliphatic heterocycles. The van der Waals surface area contributed by atoms with Crippen LogP contribution in [0.4, 0.5) is 0 Å². The maximum Gasteiger partial charge on any atom is 0.242 e. The predicted molar refractivity (Wildman–Crippen MR) is 76.6 cm³/mol. The van der Waals surface area contributed by atoms with Gasteiger partial charge in [-0.1, -0.05) is 0 Å². The molecule has 0 saturated heterocycles. The fourth-order valence-corrected chi connectivity index (χ4v) is 2.16. The van der Waals surface area contributed by atoms with Gasteiger partial charge in [0.25, 0.3) is 0 Å². The van der Waals surface area contributed by atoms with Crippen molar-refractivity contribution in [2.45, 2.75) is 13.0 Å². The van der Waals surface area contributed by atoms with E-state index in [-0.39, 0.29) is 0 Å². The number of methoxy groups -OCH3 is 2. The zero-order chi connectivity index (χ0) is 14.4. The van der Waals surface area contributed by atoms with Gasteiger partial charge in [-0.15, -0.1) is 0 Å². The van der Waals surface area contributed by atoms with Crippen LogP contribution in [-0.4, -0.2) is 53.6 Å². The second kappa shape index (κ2) is 7.32. The van der Waals surface area contributed by atoms with Crippen molar-refractivity contribution in [3.05, 3.63) is 11.1 Å². The van der Waals surface area contributed by atoms with Crippen molar-refractivity contribution >= 4 is 23.4 Å². The first-order valence-corrected chi connectivity index (χ1v) is 6.73. The van der Waals surface area contributed by atoms with Gasteiger partial charge in [-0.3, -0.25) is 0 Å². The SMILES string of the molecule is COCCOCCCn1c(=S)[nH]c2c(OC)ncnc21. The molecule has 0 aromatic carbocycles. The first kappa shape index (κ1) is 14.9. The van der Waals surface area contributed by atoms with Crippen LogP contribution in [0.2, 0.25) is 0 Å². The molecule has 1 N–H and O–H groups in total. The molecular weight excluding hydrogens is 280 g/mol. The van der Waals surface area contributed by atoms with E-state index in [1.165, 1.54) is 6.33 Å². The van der Waals surface area contributed by atoms with Crippen LogP contribution in [0.25, 0.3) is 11.2 Å². The summed E-state index contributed by atoms with van der Waals surface area (Å²) in [6.07, 6.45) is 2.31. The van der Waals surface area contributed by atoms with E-state index in [4.69, 9.17) is 26.4 Å². The van der Waals surface area contributed by atoms with E-state index in [9.17, 15) is 0 Å². The van der Waals surface area contributed by atoms with Gasteiger partial charge >= 0.3 is 0 Å². The van der Waals surface area contributed by atoms with E-state index in [0.717, 1.165) is 24.1 Å². The Hall–Kier alpha value is -1.51. The van der Waals surface area contributed by atoms with Crippen molar-refractivity contribution in [3.8, 4) is 5.88 Å². The van der Waals surface area contributed by atoms with Crippen molar-refractivity contribution in [2.24, 2.45) is 0 Å². The molecule has 0 amide bonds. The molecule has 2 rings (SSSR count). The summed E-state index contributed by atoms with van der Waals surface area (Å²) >= 11 is 5.30. The minimum absolute atomic E-state index is 0.496. The van der Waals surface area contributed by atoms with E-state index in [1.807, 2.05) is 4.57 Å². The Kier molecular flexibility index (Phi) is 5.45. The Labute approximate surface area is 121 Å². The summed E-state index contributed by atoms with van der Waals surface area (Å²) in [6, 6.07) is 0. The lowest BCUT2D eigenvalue weighted by Crippen LogP contribution is -2.07. The average molecular weight is 298 g/mol. The second-order valence-electron chi connectivity index (χ2n) is 4.12. The van der Waals surface area contributed by atoms with Gasteiger partial charge in [0.1, 0.15) is 11.8 Å². The molecule has 2 aromatic heterocycles. The van der Waals surface area contributed by atoms with Crippen LogP contribution in [0.1, 0.15) is 6.42 Å². The van der Waals surface area contributed by atoms with Gasteiger partial charge in [-0.2, -0.15) is 4.98 Å². The first-order valence-electron chi connectivity index (χ1n) is 6.32. The van der Waals surface area contributed by atoms with Gasteiger partial charge in [-0.25, -0.2) is 4.98 Å². The Balaban J connectivity index is 2.03. The number of imidazole rings is 1. The molecule has 0 bridgehead atoms. The molecule has 0 fully saturated rings. The third-order valence-electron chi connectivity index (χ3n) is 2.82. The number of aromatic nitrogens is 4. The predicted octanol–water partition coefficient (Wildman–Crippen LogP) is 1.55. The maximum absolute atomic E-state index is 5.43. The van der Waals surface area contributed by atoms with Crippen LogP contribution in [0.3, 0.4) is 0 Å². The number of fused-ring (bicyclic) bond motifs is 1. The highest BCUT2D eigenvalue weighted by Gasteiger charge is 2.10. The van der Waals surface area contributed by atoms with Crippen molar-refractivity contribution in [1.82, 2.24) is 19.5 Å². The van der Waals surface area contributed by atoms with Gasteiger partial charge < -0.3 is 23.8 Å². The molecular formula is C12H18N4O3S. The smallest absolute Gasteiger partial charge is 0.242 e. The molecule has 0 unspecified atom stereocenters. The number of ether oxygens (including phenoxy) is 3. The molecule has 0 radical (unpaired) electrons. The quantitative estimate of drug-likeness (QED) is 0.589. The van der Waals surface area contributed by atoms with E-state index in [2.05, 4.69) is 15.0 Å². The summed E-state index contributed by atoms with van der Waals surface area (Å²) in [5, 5.41) is 0. The topological polar surface area (TPSA) is 74.2 Å². The van der Waals surface area contributed by atoms with Crippen molar-refractivity contribution in [2.75, 3.05) is 34.0 Å². The number of aryl methyl sites for hydroxylation is 1. The maximum atomic E-state index is 5.43. The van der Waals surface area contributed by atoms with Gasteiger partial charge in [0.2, 0.25) is 5.88 Å². The molecule has 110 valence electrons. The van der Waals surface area contributed by atoms with E-state index < -0.39 is 0 Å². The standard InChI is InChI=1S/C12H18N4O3S/c1-17-6-7-19-5-3-4-16-10-9(15-12(16)20)11(18-2)14-8-13-10/h8H,3-7H2,1-2H3,(H,15,20). The van der Waals surface area contributed by atoms with Crippen LogP contribution >= 0.6 is 12.2 Å². The second-order valence-corrected chi connectivity index (χ2v) is 4.51. The number of nitrogens with one attached hydrogen (secondary N) is 1. The summed E-state index contributed by atoms with van der Waals surface area (Å²) in [5.74, 6) is 0.496. The lowest BCUT2D eigenvalue weighted by Gasteiger charge is -2.05. The molecule has 0 atom stereocenters. The Morgan fingerprint density at radius 2 is 2.10 bits per heavy atom. The van der Waals surface area contributed by atoms with Crippen LogP contribution in [0, 0.1) is 4.77 Å². The van der Waals surface area contributed by atoms with E-state index >= 15 is 0 Å². The van der Waals surface area contributed by atoms with Crippen LogP contribution in [-0.2, 0) is 16.0 Å². The molecule has 8 heteroatoms. The fourth-order valence-electron chi connectivity index (χ4n) is 1.88. The van der Waals surface area contributed by atoms with Crippen LogP contribution in [0.15, 0.2) is 6.33 Å². The third kappa shape index (κ3) is 3.33. The van der Waals surface area contributed by atoms with Gasteiger partial charge in [-0.05, 0) is 18.6 Å². The molecule has 2 aromatic rings. The number of hydrogen-bond acceptors (Lipinski definition) is 6. The molecule has 2 heterocycles. The lowest BCUT2D eigenvalue weighted by atomic mass is 10.4. The third-order valence-corrected chi connectivity index (χ3v) is 3.14. The van der Waals surface area contributed by atoms with Crippen molar-refractivity contribution < 1.29 is 14.2 Å². The van der Waals surface area contributed by atoms with Gasteiger partial charge in [0.05, 0.1) is 20.3 Å². The summed E-state index contributed by atoms with van der Waals surface area (Å²) in [5.41, 5.74) is 1.47. The number of nitrogens with zero attached hydrogens (tertiary/aromatic N) is 3. The largest absolute Gasteiger partial charge is 0.479 e. The highest BCUT2D eigenvalue weighted by molar-refractivity contribution is 7.71. The van der Waals surface area contributed by atoms with Gasteiger partial charge in [0.15, 0.2) is 10.4 Å². The Bertz CT molecular complexity index is 610. The zero-order valence-corrected chi connectivity index (χ0v) is 12.4. The Morgan fingerprint density at radius 3 is 2.85 bits per heavy atom. The number of aromatic amines is 1. The van der Waals surface area contributed by atoms with Crippen LogP contribution < -0.4 is 4.74 Å². The number of H-pyrrole nitrogens is 1. The summed E-state index contributed by atoms with van der Waals surface area (Å²) in [7, 11) is 3.22. The zero-order valence-electron chi connectivity index (χ0n) is 11.6. The minimum atomic E-state index is 0.496. The van der Waals surface area contributed by atoms with E-state index in [1.54, 1.807) is 14.2 Å². The molecule has 0 aliphatic rings. The molecule has 0 aliphatic carbocycles. The van der Waals surface area contributed by atoms with E-state index in [0.29, 0.717) is 30.5 Å². The fraction of sp³-hybridized carbons (Fsp3) is 0.583. The molecule has 20 heavy (non-hydrogen) atoms. The minimum Gasteiger partial charge on any atom is -0.479 e.